The van der Waals surface area contributed by atoms with Crippen LogP contribution < -0.4 is 0 Å². The number of aryl methyl sites for hydroxylation is 1. The van der Waals surface area contributed by atoms with Crippen molar-refractivity contribution in [3.05, 3.63) is 12.5 Å². The number of sulfonamides is 1. The standard InChI is InChI=1S/C14H22N4O3S/c1-16-10-13(15-11-16)22(20,21)18-8-4-5-12(9-18)14(19)17-6-2-3-7-17/h10-12H,2-9H2,1H3/t12-/m0/s1. The van der Waals surface area contributed by atoms with Gasteiger partial charge in [-0.05, 0) is 25.7 Å². The van der Waals surface area contributed by atoms with E-state index in [0.29, 0.717) is 6.54 Å². The zero-order valence-electron chi connectivity index (χ0n) is 12.8. The molecule has 0 aliphatic carbocycles. The van der Waals surface area contributed by atoms with Crippen molar-refractivity contribution in [2.45, 2.75) is 30.7 Å². The highest BCUT2D eigenvalue weighted by Crippen LogP contribution is 2.25. The monoisotopic (exact) mass is 326 g/mol. The van der Waals surface area contributed by atoms with E-state index in [1.165, 1.54) is 16.8 Å². The fraction of sp³-hybridized carbons (Fsp3) is 0.714. The number of imidazole rings is 1. The average Bonchev–Trinajstić information content (AvgIpc) is 3.18. The molecular weight excluding hydrogens is 304 g/mol. The van der Waals surface area contributed by atoms with E-state index in [-0.39, 0.29) is 23.4 Å². The number of carbonyl (C=O) groups is 1. The molecule has 122 valence electrons. The van der Waals surface area contributed by atoms with Gasteiger partial charge in [-0.1, -0.05) is 0 Å². The number of carbonyl (C=O) groups excluding carboxylic acids is 1. The predicted octanol–water partition coefficient (Wildman–Crippen LogP) is 0.443. The topological polar surface area (TPSA) is 75.5 Å². The Labute approximate surface area is 131 Å². The average molecular weight is 326 g/mol. The van der Waals surface area contributed by atoms with E-state index in [4.69, 9.17) is 0 Å². The van der Waals surface area contributed by atoms with Crippen LogP contribution in [0.4, 0.5) is 0 Å². The molecule has 0 bridgehead atoms. The molecule has 0 N–H and O–H groups in total. The second kappa shape index (κ2) is 6.00. The Kier molecular flexibility index (Phi) is 4.22. The number of piperidine rings is 1. The van der Waals surface area contributed by atoms with Crippen LogP contribution in [-0.4, -0.2) is 59.3 Å². The number of likely N-dealkylation sites (tertiary alicyclic amines) is 1. The fourth-order valence-corrected chi connectivity index (χ4v) is 4.70. The minimum atomic E-state index is -3.60. The zero-order chi connectivity index (χ0) is 15.7. The number of rotatable bonds is 3. The lowest BCUT2D eigenvalue weighted by Crippen LogP contribution is -2.46. The minimum Gasteiger partial charge on any atom is -0.342 e. The summed E-state index contributed by atoms with van der Waals surface area (Å²) in [6.07, 6.45) is 6.56. The van der Waals surface area contributed by atoms with E-state index in [0.717, 1.165) is 38.8 Å². The molecule has 1 amide bonds. The van der Waals surface area contributed by atoms with Crippen molar-refractivity contribution in [3.8, 4) is 0 Å². The van der Waals surface area contributed by atoms with Gasteiger partial charge < -0.3 is 9.47 Å². The van der Waals surface area contributed by atoms with E-state index in [2.05, 4.69) is 4.98 Å². The molecular formula is C14H22N4O3S. The zero-order valence-corrected chi connectivity index (χ0v) is 13.6. The maximum absolute atomic E-state index is 12.6. The molecule has 0 aromatic carbocycles. The smallest absolute Gasteiger partial charge is 0.262 e. The highest BCUT2D eigenvalue weighted by molar-refractivity contribution is 7.89. The van der Waals surface area contributed by atoms with Crippen LogP contribution in [0.1, 0.15) is 25.7 Å². The van der Waals surface area contributed by atoms with Crippen molar-refractivity contribution in [1.82, 2.24) is 18.8 Å². The maximum atomic E-state index is 12.6. The Balaban J connectivity index is 1.73. The highest BCUT2D eigenvalue weighted by atomic mass is 32.2. The Morgan fingerprint density at radius 1 is 1.23 bits per heavy atom. The summed E-state index contributed by atoms with van der Waals surface area (Å²) in [6.45, 7) is 2.35. The third-order valence-corrected chi connectivity index (χ3v) is 6.19. The Morgan fingerprint density at radius 3 is 2.59 bits per heavy atom. The quantitative estimate of drug-likeness (QED) is 0.808. The predicted molar refractivity (Wildman–Crippen MR) is 80.5 cm³/mol. The van der Waals surface area contributed by atoms with Gasteiger partial charge in [0.25, 0.3) is 10.0 Å². The molecule has 0 unspecified atom stereocenters. The summed E-state index contributed by atoms with van der Waals surface area (Å²) in [5, 5.41) is 0.0595. The summed E-state index contributed by atoms with van der Waals surface area (Å²) in [5.41, 5.74) is 0. The number of hydrogen-bond acceptors (Lipinski definition) is 4. The largest absolute Gasteiger partial charge is 0.342 e. The molecule has 22 heavy (non-hydrogen) atoms. The number of aromatic nitrogens is 2. The van der Waals surface area contributed by atoms with Crippen LogP contribution in [0.25, 0.3) is 0 Å². The van der Waals surface area contributed by atoms with Crippen molar-refractivity contribution in [3.63, 3.8) is 0 Å². The molecule has 0 saturated carbocycles. The summed E-state index contributed by atoms with van der Waals surface area (Å²) in [7, 11) is -1.86. The molecule has 2 aliphatic rings. The van der Waals surface area contributed by atoms with Crippen LogP contribution in [-0.2, 0) is 21.9 Å². The summed E-state index contributed by atoms with van der Waals surface area (Å²) in [4.78, 5) is 18.3. The van der Waals surface area contributed by atoms with Gasteiger partial charge in [-0.2, -0.15) is 4.31 Å². The first kappa shape index (κ1) is 15.5. The van der Waals surface area contributed by atoms with Gasteiger partial charge in [0, 0.05) is 39.4 Å². The Bertz CT molecular complexity index is 649. The lowest BCUT2D eigenvalue weighted by molar-refractivity contribution is -0.135. The molecule has 2 fully saturated rings. The second-order valence-electron chi connectivity index (χ2n) is 6.11. The van der Waals surface area contributed by atoms with Crippen molar-refractivity contribution >= 4 is 15.9 Å². The summed E-state index contributed by atoms with van der Waals surface area (Å²) in [6, 6.07) is 0. The van der Waals surface area contributed by atoms with Gasteiger partial charge >= 0.3 is 0 Å². The Morgan fingerprint density at radius 2 is 1.95 bits per heavy atom. The fourth-order valence-electron chi connectivity index (χ4n) is 3.21. The summed E-state index contributed by atoms with van der Waals surface area (Å²) >= 11 is 0. The SMILES string of the molecule is Cn1cnc(S(=O)(=O)N2CCC[C@H](C(=O)N3CCCC3)C2)c1. The summed E-state index contributed by atoms with van der Waals surface area (Å²) < 4.78 is 28.3. The van der Waals surface area contributed by atoms with Crippen LogP contribution >= 0.6 is 0 Å². The molecule has 0 radical (unpaired) electrons. The molecule has 2 aliphatic heterocycles. The van der Waals surface area contributed by atoms with Crippen molar-refractivity contribution < 1.29 is 13.2 Å². The molecule has 0 spiro atoms. The van der Waals surface area contributed by atoms with Crippen molar-refractivity contribution in [2.75, 3.05) is 26.2 Å². The van der Waals surface area contributed by atoms with E-state index < -0.39 is 10.0 Å². The molecule has 1 aromatic heterocycles. The minimum absolute atomic E-state index is 0.0595. The van der Waals surface area contributed by atoms with Crippen LogP contribution in [0.15, 0.2) is 17.6 Å². The molecule has 2 saturated heterocycles. The van der Waals surface area contributed by atoms with Gasteiger partial charge in [0.1, 0.15) is 0 Å². The first-order valence-corrected chi connectivity index (χ1v) is 9.19. The van der Waals surface area contributed by atoms with Crippen LogP contribution in [0.3, 0.4) is 0 Å². The molecule has 1 atom stereocenters. The highest BCUT2D eigenvalue weighted by Gasteiger charge is 2.36. The molecule has 8 heteroatoms. The normalized spacial score (nSPS) is 23.9. The molecule has 3 rings (SSSR count). The first-order valence-electron chi connectivity index (χ1n) is 7.75. The maximum Gasteiger partial charge on any atom is 0.262 e. The second-order valence-corrected chi connectivity index (χ2v) is 8.00. The van der Waals surface area contributed by atoms with Gasteiger partial charge in [0.2, 0.25) is 5.91 Å². The lowest BCUT2D eigenvalue weighted by Gasteiger charge is -2.32. The van der Waals surface area contributed by atoms with Crippen LogP contribution in [0.5, 0.6) is 0 Å². The Hall–Kier alpha value is -1.41. The van der Waals surface area contributed by atoms with Crippen LogP contribution in [0.2, 0.25) is 0 Å². The number of hydrogen-bond donors (Lipinski definition) is 0. The number of nitrogens with zero attached hydrogens (tertiary/aromatic N) is 4. The molecule has 3 heterocycles. The third-order valence-electron chi connectivity index (χ3n) is 4.44. The van der Waals surface area contributed by atoms with Gasteiger partial charge in [-0.15, -0.1) is 0 Å². The van der Waals surface area contributed by atoms with E-state index in [1.807, 2.05) is 4.90 Å². The molecule has 7 nitrogen and oxygen atoms in total. The van der Waals surface area contributed by atoms with Gasteiger partial charge in [-0.25, -0.2) is 13.4 Å². The molecule has 1 aromatic rings. The van der Waals surface area contributed by atoms with E-state index >= 15 is 0 Å². The summed E-state index contributed by atoms with van der Waals surface area (Å²) in [5.74, 6) is -0.108. The van der Waals surface area contributed by atoms with Crippen molar-refractivity contribution in [1.29, 1.82) is 0 Å². The van der Waals surface area contributed by atoms with E-state index in [9.17, 15) is 13.2 Å². The van der Waals surface area contributed by atoms with E-state index in [1.54, 1.807) is 11.6 Å². The van der Waals surface area contributed by atoms with Gasteiger partial charge in [-0.3, -0.25) is 4.79 Å². The third kappa shape index (κ3) is 2.89. The van der Waals surface area contributed by atoms with Crippen molar-refractivity contribution in [2.24, 2.45) is 13.0 Å². The van der Waals surface area contributed by atoms with Gasteiger partial charge in [0.15, 0.2) is 5.03 Å². The first-order chi connectivity index (χ1) is 10.5. The lowest BCUT2D eigenvalue weighted by atomic mass is 9.98. The van der Waals surface area contributed by atoms with Gasteiger partial charge in [0.05, 0.1) is 12.2 Å². The number of amides is 1. The van der Waals surface area contributed by atoms with Crippen LogP contribution in [0, 0.1) is 5.92 Å².